The van der Waals surface area contributed by atoms with Crippen molar-refractivity contribution in [1.29, 1.82) is 0 Å². The molecule has 0 atom stereocenters. The van der Waals surface area contributed by atoms with Crippen LogP contribution < -0.4 is 10.2 Å². The first-order valence-electron chi connectivity index (χ1n) is 12.0. The van der Waals surface area contributed by atoms with Crippen molar-refractivity contribution in [3.63, 3.8) is 0 Å². The summed E-state index contributed by atoms with van der Waals surface area (Å²) in [6.07, 6.45) is 5.52. The van der Waals surface area contributed by atoms with Gasteiger partial charge in [-0.05, 0) is 57.1 Å². The van der Waals surface area contributed by atoms with Crippen LogP contribution in [0, 0.1) is 19.8 Å². The van der Waals surface area contributed by atoms with Crippen LogP contribution in [0.5, 0.6) is 0 Å². The quantitative estimate of drug-likeness (QED) is 0.477. The second-order valence-corrected chi connectivity index (χ2v) is 11.4. The van der Waals surface area contributed by atoms with Gasteiger partial charge >= 0.3 is 11.9 Å². The molecule has 9 nitrogen and oxygen atoms in total. The van der Waals surface area contributed by atoms with E-state index in [1.807, 2.05) is 0 Å². The molecule has 0 unspecified atom stereocenters. The van der Waals surface area contributed by atoms with Gasteiger partial charge in [0.25, 0.3) is 5.91 Å². The van der Waals surface area contributed by atoms with E-state index in [0.29, 0.717) is 36.5 Å². The van der Waals surface area contributed by atoms with E-state index < -0.39 is 11.9 Å². The highest BCUT2D eigenvalue weighted by atomic mass is 32.1. The number of carbonyl (C=O) groups excluding carboxylic acids is 3. The zero-order chi connectivity index (χ0) is 25.4. The number of amides is 1. The normalized spacial score (nSPS) is 15.7. The molecule has 5 rings (SSSR count). The van der Waals surface area contributed by atoms with Crippen molar-refractivity contribution in [3.8, 4) is 0 Å². The molecule has 11 heteroatoms. The summed E-state index contributed by atoms with van der Waals surface area (Å²) in [5, 5.41) is 4.30. The minimum absolute atomic E-state index is 0.271. The SMILES string of the molecule is COC(=O)c1c(NC(=O)COC(=O)C2CCN(c3ncnc4sc(C)c(C)c34)CC2)sc2c1CCC2. The van der Waals surface area contributed by atoms with Gasteiger partial charge in [-0.15, -0.1) is 22.7 Å². The van der Waals surface area contributed by atoms with Gasteiger partial charge < -0.3 is 19.7 Å². The predicted molar refractivity (Wildman–Crippen MR) is 139 cm³/mol. The third-order valence-electron chi connectivity index (χ3n) is 6.98. The molecule has 190 valence electrons. The van der Waals surface area contributed by atoms with Gasteiger partial charge in [0, 0.05) is 22.8 Å². The lowest BCUT2D eigenvalue weighted by Crippen LogP contribution is -2.38. The maximum absolute atomic E-state index is 12.7. The van der Waals surface area contributed by atoms with Crippen molar-refractivity contribution < 1.29 is 23.9 Å². The lowest BCUT2D eigenvalue weighted by molar-refractivity contribution is -0.152. The Morgan fingerprint density at radius 3 is 2.67 bits per heavy atom. The first kappa shape index (κ1) is 24.6. The van der Waals surface area contributed by atoms with E-state index in [-0.39, 0.29) is 18.5 Å². The molecule has 1 fully saturated rings. The van der Waals surface area contributed by atoms with Crippen LogP contribution in [-0.2, 0) is 31.9 Å². The van der Waals surface area contributed by atoms with Crippen molar-refractivity contribution in [2.75, 3.05) is 37.0 Å². The van der Waals surface area contributed by atoms with Gasteiger partial charge in [-0.3, -0.25) is 9.59 Å². The number of aryl methyl sites for hydroxylation is 3. The van der Waals surface area contributed by atoms with Crippen molar-refractivity contribution in [1.82, 2.24) is 9.97 Å². The van der Waals surface area contributed by atoms with Crippen LogP contribution in [0.2, 0.25) is 0 Å². The van der Waals surface area contributed by atoms with E-state index in [9.17, 15) is 14.4 Å². The van der Waals surface area contributed by atoms with Gasteiger partial charge in [0.05, 0.1) is 24.0 Å². The number of piperidine rings is 1. The zero-order valence-corrected chi connectivity index (χ0v) is 22.1. The van der Waals surface area contributed by atoms with Crippen LogP contribution in [0.4, 0.5) is 10.8 Å². The van der Waals surface area contributed by atoms with Gasteiger partial charge in [0.1, 0.15) is 22.0 Å². The molecule has 1 N–H and O–H groups in total. The molecule has 0 aromatic carbocycles. The molecular formula is C25H28N4O5S2. The Balaban J connectivity index is 1.16. The van der Waals surface area contributed by atoms with Gasteiger partial charge in [0.2, 0.25) is 0 Å². The summed E-state index contributed by atoms with van der Waals surface area (Å²) in [5.74, 6) is -0.646. The van der Waals surface area contributed by atoms with E-state index in [0.717, 1.165) is 45.7 Å². The van der Waals surface area contributed by atoms with Crippen LogP contribution >= 0.6 is 22.7 Å². The Labute approximate surface area is 216 Å². The fourth-order valence-corrected chi connectivity index (χ4v) is 7.24. The van der Waals surface area contributed by atoms with Crippen LogP contribution in [0.3, 0.4) is 0 Å². The first-order valence-corrected chi connectivity index (χ1v) is 13.7. The van der Waals surface area contributed by atoms with Gasteiger partial charge in [0.15, 0.2) is 6.61 Å². The van der Waals surface area contributed by atoms with Crippen LogP contribution in [0.15, 0.2) is 6.33 Å². The second-order valence-electron chi connectivity index (χ2n) is 9.13. The summed E-state index contributed by atoms with van der Waals surface area (Å²) >= 11 is 3.06. The fourth-order valence-electron chi connectivity index (χ4n) is 4.96. The third-order valence-corrected chi connectivity index (χ3v) is 9.30. The average molecular weight is 529 g/mol. The number of rotatable bonds is 6. The molecule has 0 saturated carbocycles. The smallest absolute Gasteiger partial charge is 0.341 e. The Morgan fingerprint density at radius 2 is 1.92 bits per heavy atom. The highest BCUT2D eigenvalue weighted by Crippen LogP contribution is 2.39. The number of hydrogen-bond acceptors (Lipinski definition) is 10. The Bertz CT molecular complexity index is 1340. The van der Waals surface area contributed by atoms with Crippen molar-refractivity contribution >= 4 is 61.6 Å². The number of thiophene rings is 2. The topological polar surface area (TPSA) is 111 Å². The number of fused-ring (bicyclic) bond motifs is 2. The lowest BCUT2D eigenvalue weighted by atomic mass is 9.97. The summed E-state index contributed by atoms with van der Waals surface area (Å²) in [4.78, 5) is 51.9. The monoisotopic (exact) mass is 528 g/mol. The highest BCUT2D eigenvalue weighted by Gasteiger charge is 2.30. The molecule has 1 aliphatic carbocycles. The molecule has 4 heterocycles. The maximum atomic E-state index is 12.7. The summed E-state index contributed by atoms with van der Waals surface area (Å²) in [6, 6.07) is 0. The van der Waals surface area contributed by atoms with Crippen molar-refractivity contribution in [2.24, 2.45) is 5.92 Å². The number of nitrogens with zero attached hydrogens (tertiary/aromatic N) is 3. The molecule has 3 aromatic heterocycles. The number of aromatic nitrogens is 2. The first-order chi connectivity index (χ1) is 17.4. The minimum Gasteiger partial charge on any atom is -0.465 e. The third kappa shape index (κ3) is 4.57. The number of nitrogens with one attached hydrogen (secondary N) is 1. The minimum atomic E-state index is -0.461. The molecule has 1 aliphatic heterocycles. The average Bonchev–Trinajstić information content (AvgIpc) is 3.55. The number of methoxy groups -OCH3 is 1. The molecule has 1 saturated heterocycles. The molecular weight excluding hydrogens is 500 g/mol. The van der Waals surface area contributed by atoms with Gasteiger partial charge in [-0.1, -0.05) is 0 Å². The van der Waals surface area contributed by atoms with Crippen LogP contribution in [-0.4, -0.2) is 54.6 Å². The zero-order valence-electron chi connectivity index (χ0n) is 20.5. The van der Waals surface area contributed by atoms with Crippen molar-refractivity contribution in [2.45, 2.75) is 46.0 Å². The Hall–Kier alpha value is -3.05. The number of ether oxygens (including phenoxy) is 2. The van der Waals surface area contributed by atoms with E-state index in [2.05, 4.69) is 34.0 Å². The molecule has 3 aromatic rings. The van der Waals surface area contributed by atoms with E-state index in [1.54, 1.807) is 17.7 Å². The van der Waals surface area contributed by atoms with E-state index in [4.69, 9.17) is 9.47 Å². The molecule has 0 spiro atoms. The van der Waals surface area contributed by atoms with Gasteiger partial charge in [-0.25, -0.2) is 14.8 Å². The summed E-state index contributed by atoms with van der Waals surface area (Å²) in [5.41, 5.74) is 2.58. The number of carbonyl (C=O) groups is 3. The predicted octanol–water partition coefficient (Wildman–Crippen LogP) is 4.04. The van der Waals surface area contributed by atoms with E-state index >= 15 is 0 Å². The summed E-state index contributed by atoms with van der Waals surface area (Å²) < 4.78 is 10.3. The summed E-state index contributed by atoms with van der Waals surface area (Å²) in [7, 11) is 1.33. The lowest BCUT2D eigenvalue weighted by Gasteiger charge is -2.32. The Kier molecular flexibility index (Phi) is 6.94. The number of anilines is 2. The molecule has 2 aliphatic rings. The second kappa shape index (κ2) is 10.1. The molecule has 36 heavy (non-hydrogen) atoms. The van der Waals surface area contributed by atoms with Crippen molar-refractivity contribution in [3.05, 3.63) is 32.8 Å². The Morgan fingerprint density at radius 1 is 1.14 bits per heavy atom. The van der Waals surface area contributed by atoms with Crippen LogP contribution in [0.25, 0.3) is 10.2 Å². The molecule has 0 radical (unpaired) electrons. The largest absolute Gasteiger partial charge is 0.465 e. The maximum Gasteiger partial charge on any atom is 0.341 e. The van der Waals surface area contributed by atoms with Crippen LogP contribution in [0.1, 0.15) is 50.5 Å². The number of hydrogen-bond donors (Lipinski definition) is 1. The summed E-state index contributed by atoms with van der Waals surface area (Å²) in [6.45, 7) is 5.15. The standard InChI is InChI=1S/C25H28N4O5S2/c1-13-14(2)35-22-19(13)21(26-12-27-22)29-9-7-15(8-10-29)24(31)34-11-18(30)28-23-20(25(32)33-3)16-5-4-6-17(16)36-23/h12,15H,4-11H2,1-3H3,(H,28,30). The number of esters is 2. The molecule has 1 amide bonds. The highest BCUT2D eigenvalue weighted by molar-refractivity contribution is 7.18. The van der Waals surface area contributed by atoms with Gasteiger partial charge in [-0.2, -0.15) is 0 Å². The molecule has 0 bridgehead atoms. The fraction of sp³-hybridized carbons (Fsp3) is 0.480. The van der Waals surface area contributed by atoms with E-state index in [1.165, 1.54) is 28.9 Å².